The molecule has 0 heterocycles. The number of nitrogens with two attached hydrogens (primary N) is 1. The molecule has 0 radical (unpaired) electrons. The number of nitrogens with one attached hydrogen (secondary N) is 1. The Morgan fingerprint density at radius 1 is 1.39 bits per heavy atom. The molecule has 0 bridgehead atoms. The first-order valence-electron chi connectivity index (χ1n) is 6.02. The van der Waals surface area contributed by atoms with E-state index in [0.29, 0.717) is 13.2 Å². The topological polar surface area (TPSA) is 73.6 Å². The lowest BCUT2D eigenvalue weighted by Crippen LogP contribution is -2.25. The molecule has 0 aromatic heterocycles. The van der Waals surface area contributed by atoms with Crippen molar-refractivity contribution in [2.24, 2.45) is 5.73 Å². The Bertz CT molecular complexity index is 365. The molecule has 1 rings (SSSR count). The van der Waals surface area contributed by atoms with Crippen LogP contribution in [0.25, 0.3) is 0 Å². The summed E-state index contributed by atoms with van der Waals surface area (Å²) in [6.45, 7) is 5.50. The number of hydrogen-bond donors (Lipinski definition) is 2. The number of ether oxygens (including phenoxy) is 2. The molecule has 1 unspecified atom stereocenters. The summed E-state index contributed by atoms with van der Waals surface area (Å²) in [6.07, 6.45) is -0.745. The van der Waals surface area contributed by atoms with Crippen molar-refractivity contribution in [2.75, 3.05) is 19.8 Å². The van der Waals surface area contributed by atoms with Gasteiger partial charge in [-0.25, -0.2) is 4.79 Å². The standard InChI is InChI=1S/C13H20N2O3/c1-3-17-12-6-4-11(5-7-12)10(2)15-8-9-18-13(14)16/h4-7,10,15H,3,8-9H2,1-2H3,(H2,14,16). The normalized spacial score (nSPS) is 11.9. The van der Waals surface area contributed by atoms with Crippen LogP contribution in [0.4, 0.5) is 4.79 Å². The van der Waals surface area contributed by atoms with Crippen LogP contribution in [0, 0.1) is 0 Å². The van der Waals surface area contributed by atoms with Crippen LogP contribution >= 0.6 is 0 Å². The molecule has 18 heavy (non-hydrogen) atoms. The molecule has 0 aliphatic rings. The molecular weight excluding hydrogens is 232 g/mol. The van der Waals surface area contributed by atoms with Crippen LogP contribution in [0.1, 0.15) is 25.5 Å². The SMILES string of the molecule is CCOc1ccc(C(C)NCCOC(N)=O)cc1. The van der Waals surface area contributed by atoms with Gasteiger partial charge >= 0.3 is 6.09 Å². The maximum absolute atomic E-state index is 10.4. The third kappa shape index (κ3) is 5.05. The molecule has 1 atom stereocenters. The summed E-state index contributed by atoms with van der Waals surface area (Å²) in [7, 11) is 0. The highest BCUT2D eigenvalue weighted by atomic mass is 16.5. The molecule has 1 aromatic carbocycles. The second-order valence-electron chi connectivity index (χ2n) is 3.85. The van der Waals surface area contributed by atoms with Crippen molar-refractivity contribution >= 4 is 6.09 Å². The fourth-order valence-corrected chi connectivity index (χ4v) is 1.56. The monoisotopic (exact) mass is 252 g/mol. The molecule has 5 heteroatoms. The predicted octanol–water partition coefficient (Wildman–Crippen LogP) is 1.83. The van der Waals surface area contributed by atoms with Gasteiger partial charge in [0, 0.05) is 12.6 Å². The quantitative estimate of drug-likeness (QED) is 0.726. The number of carbonyl (C=O) groups excluding carboxylic acids is 1. The summed E-state index contributed by atoms with van der Waals surface area (Å²) >= 11 is 0. The number of primary amides is 1. The Labute approximate surface area is 107 Å². The van der Waals surface area contributed by atoms with E-state index in [-0.39, 0.29) is 12.6 Å². The molecule has 0 saturated heterocycles. The van der Waals surface area contributed by atoms with Gasteiger partial charge in [0.2, 0.25) is 0 Å². The second-order valence-corrected chi connectivity index (χ2v) is 3.85. The lowest BCUT2D eigenvalue weighted by atomic mass is 10.1. The van der Waals surface area contributed by atoms with Crippen molar-refractivity contribution in [3.63, 3.8) is 0 Å². The highest BCUT2D eigenvalue weighted by molar-refractivity contribution is 5.64. The van der Waals surface area contributed by atoms with E-state index in [0.717, 1.165) is 11.3 Å². The van der Waals surface area contributed by atoms with Crippen molar-refractivity contribution in [1.82, 2.24) is 5.32 Å². The first kappa shape index (κ1) is 14.3. The summed E-state index contributed by atoms with van der Waals surface area (Å²) in [4.78, 5) is 10.4. The number of amides is 1. The molecule has 0 aliphatic heterocycles. The van der Waals surface area contributed by atoms with E-state index in [4.69, 9.17) is 10.5 Å². The zero-order chi connectivity index (χ0) is 13.4. The summed E-state index contributed by atoms with van der Waals surface area (Å²) in [6, 6.07) is 8.08. The minimum atomic E-state index is -0.745. The molecule has 0 spiro atoms. The molecule has 1 aromatic rings. The van der Waals surface area contributed by atoms with Gasteiger partial charge in [0.25, 0.3) is 0 Å². The van der Waals surface area contributed by atoms with Gasteiger partial charge in [0.15, 0.2) is 0 Å². The van der Waals surface area contributed by atoms with Gasteiger partial charge in [0.05, 0.1) is 6.61 Å². The van der Waals surface area contributed by atoms with Crippen LogP contribution in [0.15, 0.2) is 24.3 Å². The third-order valence-corrected chi connectivity index (χ3v) is 2.49. The molecule has 0 aliphatic carbocycles. The van der Waals surface area contributed by atoms with Gasteiger partial charge < -0.3 is 20.5 Å². The van der Waals surface area contributed by atoms with Crippen molar-refractivity contribution in [3.8, 4) is 5.75 Å². The Morgan fingerprint density at radius 2 is 2.06 bits per heavy atom. The Hall–Kier alpha value is -1.75. The van der Waals surface area contributed by atoms with E-state index in [9.17, 15) is 4.79 Å². The van der Waals surface area contributed by atoms with Crippen LogP contribution in [-0.4, -0.2) is 25.9 Å². The lowest BCUT2D eigenvalue weighted by Gasteiger charge is -2.14. The average Bonchev–Trinajstić information content (AvgIpc) is 2.35. The first-order valence-corrected chi connectivity index (χ1v) is 6.02. The first-order chi connectivity index (χ1) is 8.63. The number of hydrogen-bond acceptors (Lipinski definition) is 4. The van der Waals surface area contributed by atoms with Gasteiger partial charge in [-0.1, -0.05) is 12.1 Å². The second kappa shape index (κ2) is 7.55. The van der Waals surface area contributed by atoms with Gasteiger partial charge in [-0.3, -0.25) is 0 Å². The van der Waals surface area contributed by atoms with Crippen molar-refractivity contribution < 1.29 is 14.3 Å². The Kier molecular flexibility index (Phi) is 6.00. The number of carbonyl (C=O) groups is 1. The van der Waals surface area contributed by atoms with Crippen LogP contribution in [-0.2, 0) is 4.74 Å². The van der Waals surface area contributed by atoms with E-state index in [2.05, 4.69) is 10.1 Å². The molecular formula is C13H20N2O3. The molecule has 3 N–H and O–H groups in total. The predicted molar refractivity (Wildman–Crippen MR) is 69.6 cm³/mol. The zero-order valence-corrected chi connectivity index (χ0v) is 10.8. The molecule has 0 fully saturated rings. The summed E-state index contributed by atoms with van der Waals surface area (Å²) in [5.74, 6) is 0.866. The van der Waals surface area contributed by atoms with E-state index >= 15 is 0 Å². The highest BCUT2D eigenvalue weighted by Gasteiger charge is 2.04. The largest absolute Gasteiger partial charge is 0.494 e. The van der Waals surface area contributed by atoms with Crippen LogP contribution < -0.4 is 15.8 Å². The minimum absolute atomic E-state index is 0.178. The summed E-state index contributed by atoms with van der Waals surface area (Å²) in [5, 5.41) is 3.23. The molecule has 1 amide bonds. The van der Waals surface area contributed by atoms with E-state index in [1.54, 1.807) is 0 Å². The third-order valence-electron chi connectivity index (χ3n) is 2.49. The number of rotatable bonds is 7. The van der Waals surface area contributed by atoms with Crippen molar-refractivity contribution in [1.29, 1.82) is 0 Å². The fourth-order valence-electron chi connectivity index (χ4n) is 1.56. The maximum Gasteiger partial charge on any atom is 0.404 e. The van der Waals surface area contributed by atoms with Gasteiger partial charge in [-0.2, -0.15) is 0 Å². The Morgan fingerprint density at radius 3 is 2.61 bits per heavy atom. The van der Waals surface area contributed by atoms with Crippen molar-refractivity contribution in [3.05, 3.63) is 29.8 Å². The molecule has 100 valence electrons. The average molecular weight is 252 g/mol. The van der Waals surface area contributed by atoms with E-state index in [1.165, 1.54) is 0 Å². The summed E-state index contributed by atoms with van der Waals surface area (Å²) in [5.41, 5.74) is 6.01. The molecule has 5 nitrogen and oxygen atoms in total. The Balaban J connectivity index is 2.36. The molecule has 0 saturated carbocycles. The maximum atomic E-state index is 10.4. The van der Waals surface area contributed by atoms with E-state index in [1.807, 2.05) is 38.1 Å². The van der Waals surface area contributed by atoms with Crippen LogP contribution in [0.5, 0.6) is 5.75 Å². The lowest BCUT2D eigenvalue weighted by molar-refractivity contribution is 0.156. The number of benzene rings is 1. The van der Waals surface area contributed by atoms with Gasteiger partial charge in [-0.15, -0.1) is 0 Å². The van der Waals surface area contributed by atoms with Crippen molar-refractivity contribution in [2.45, 2.75) is 19.9 Å². The highest BCUT2D eigenvalue weighted by Crippen LogP contribution is 2.17. The van der Waals surface area contributed by atoms with Crippen LogP contribution in [0.2, 0.25) is 0 Å². The smallest absolute Gasteiger partial charge is 0.404 e. The fraction of sp³-hybridized carbons (Fsp3) is 0.462. The van der Waals surface area contributed by atoms with Crippen LogP contribution in [0.3, 0.4) is 0 Å². The zero-order valence-electron chi connectivity index (χ0n) is 10.8. The minimum Gasteiger partial charge on any atom is -0.494 e. The van der Waals surface area contributed by atoms with Gasteiger partial charge in [0.1, 0.15) is 12.4 Å². The summed E-state index contributed by atoms with van der Waals surface area (Å²) < 4.78 is 10.0. The van der Waals surface area contributed by atoms with E-state index < -0.39 is 6.09 Å². The van der Waals surface area contributed by atoms with Gasteiger partial charge in [-0.05, 0) is 31.5 Å².